The molecule has 6 nitrogen and oxygen atoms in total. The summed E-state index contributed by atoms with van der Waals surface area (Å²) in [5, 5.41) is 4.34. The monoisotopic (exact) mass is 290 g/mol. The van der Waals surface area contributed by atoms with E-state index in [0.717, 1.165) is 11.1 Å². The van der Waals surface area contributed by atoms with Gasteiger partial charge in [0.25, 0.3) is 0 Å². The van der Waals surface area contributed by atoms with Gasteiger partial charge in [0.05, 0.1) is 12.3 Å². The van der Waals surface area contributed by atoms with E-state index in [1.807, 2.05) is 40.0 Å². The van der Waals surface area contributed by atoms with Crippen LogP contribution in [0.2, 0.25) is 0 Å². The van der Waals surface area contributed by atoms with Crippen molar-refractivity contribution in [3.8, 4) is 16.9 Å². The molecule has 2 aromatic rings. The van der Waals surface area contributed by atoms with Crippen molar-refractivity contribution in [2.24, 2.45) is 0 Å². The molecule has 0 bridgehead atoms. The van der Waals surface area contributed by atoms with Gasteiger partial charge in [-0.2, -0.15) is 5.10 Å². The third kappa shape index (κ3) is 3.52. The van der Waals surface area contributed by atoms with Gasteiger partial charge in [-0.05, 0) is 33.8 Å². The zero-order valence-corrected chi connectivity index (χ0v) is 12.9. The van der Waals surface area contributed by atoms with Crippen LogP contribution in [0.4, 0.5) is 5.82 Å². The molecule has 0 fully saturated rings. The highest BCUT2D eigenvalue weighted by molar-refractivity contribution is 5.74. The lowest BCUT2D eigenvalue weighted by molar-refractivity contribution is 0.0160. The largest absolute Gasteiger partial charge is 0.486 e. The van der Waals surface area contributed by atoms with Gasteiger partial charge in [-0.15, -0.1) is 0 Å². The van der Waals surface area contributed by atoms with E-state index in [1.165, 1.54) is 0 Å². The van der Waals surface area contributed by atoms with Crippen LogP contribution in [-0.2, 0) is 4.74 Å². The number of rotatable bonds is 6. The number of aromatic nitrogens is 3. The number of hydrogen-bond donors (Lipinski definition) is 1. The summed E-state index contributed by atoms with van der Waals surface area (Å²) < 4.78 is 13.1. The molecule has 21 heavy (non-hydrogen) atoms. The van der Waals surface area contributed by atoms with Crippen molar-refractivity contribution in [2.45, 2.75) is 40.0 Å². The highest BCUT2D eigenvalue weighted by Crippen LogP contribution is 2.34. The van der Waals surface area contributed by atoms with Gasteiger partial charge in [-0.1, -0.05) is 0 Å². The molecule has 1 unspecified atom stereocenters. The topological polar surface area (TPSA) is 75.2 Å². The Morgan fingerprint density at radius 3 is 2.76 bits per heavy atom. The molecule has 0 radical (unpaired) electrons. The molecule has 0 aromatic carbocycles. The maximum Gasteiger partial charge on any atom is 0.169 e. The first-order chi connectivity index (χ1) is 10.0. The number of nitrogens with two attached hydrogens (primary N) is 1. The number of pyridine rings is 1. The Morgan fingerprint density at radius 1 is 1.33 bits per heavy atom. The highest BCUT2D eigenvalue weighted by Gasteiger charge is 2.15. The third-order valence-corrected chi connectivity index (χ3v) is 2.98. The molecule has 2 rings (SSSR count). The van der Waals surface area contributed by atoms with E-state index in [-0.39, 0.29) is 12.3 Å². The van der Waals surface area contributed by atoms with E-state index in [4.69, 9.17) is 15.2 Å². The van der Waals surface area contributed by atoms with Crippen LogP contribution in [0.1, 0.15) is 33.9 Å². The summed E-state index contributed by atoms with van der Waals surface area (Å²) in [6, 6.07) is 1.88. The Balaban J connectivity index is 2.36. The Hall–Kier alpha value is -2.08. The molecule has 6 heteroatoms. The van der Waals surface area contributed by atoms with Crippen molar-refractivity contribution in [2.75, 3.05) is 12.3 Å². The lowest BCUT2D eigenvalue weighted by atomic mass is 10.1. The lowest BCUT2D eigenvalue weighted by Gasteiger charge is -2.15. The molecule has 0 amide bonds. The van der Waals surface area contributed by atoms with E-state index >= 15 is 0 Å². The number of hydrogen-bond acceptors (Lipinski definition) is 5. The second kappa shape index (κ2) is 6.58. The Kier molecular flexibility index (Phi) is 4.80. The lowest BCUT2D eigenvalue weighted by Crippen LogP contribution is -2.10. The van der Waals surface area contributed by atoms with Crippen LogP contribution in [0.15, 0.2) is 24.7 Å². The van der Waals surface area contributed by atoms with Crippen LogP contribution in [0.3, 0.4) is 0 Å². The first-order valence-electron chi connectivity index (χ1n) is 7.10. The molecule has 0 aliphatic carbocycles. The molecule has 0 spiro atoms. The number of nitrogens with zero attached hydrogens (tertiary/aromatic N) is 3. The summed E-state index contributed by atoms with van der Waals surface area (Å²) in [6.07, 6.45) is 5.27. The Morgan fingerprint density at radius 2 is 2.10 bits per heavy atom. The Labute approximate surface area is 124 Å². The first kappa shape index (κ1) is 15.3. The maximum atomic E-state index is 5.93. The zero-order chi connectivity index (χ0) is 15.4. The van der Waals surface area contributed by atoms with E-state index in [9.17, 15) is 0 Å². The van der Waals surface area contributed by atoms with Crippen LogP contribution in [0, 0.1) is 0 Å². The fraction of sp³-hybridized carbons (Fsp3) is 0.467. The Bertz CT molecular complexity index is 595. The fourth-order valence-electron chi connectivity index (χ4n) is 2.04. The minimum absolute atomic E-state index is 0.0210. The smallest absolute Gasteiger partial charge is 0.169 e. The summed E-state index contributed by atoms with van der Waals surface area (Å²) in [6.45, 7) is 8.46. The van der Waals surface area contributed by atoms with Crippen molar-refractivity contribution in [3.63, 3.8) is 0 Å². The molecule has 114 valence electrons. The highest BCUT2D eigenvalue weighted by atomic mass is 16.5. The average molecular weight is 290 g/mol. The summed E-state index contributed by atoms with van der Waals surface area (Å²) in [5.41, 5.74) is 7.74. The van der Waals surface area contributed by atoms with Crippen molar-refractivity contribution in [1.29, 1.82) is 0 Å². The molecular weight excluding hydrogens is 268 g/mol. The van der Waals surface area contributed by atoms with E-state index in [0.29, 0.717) is 18.2 Å². The standard InChI is InChI=1S/C15H22N4O2/c1-5-20-11(4)19-9-12(8-18-19)13-6-7-17-15(16)14(13)21-10(2)3/h6-11H,5H2,1-4H3,(H2,16,17). The van der Waals surface area contributed by atoms with Crippen molar-refractivity contribution < 1.29 is 9.47 Å². The van der Waals surface area contributed by atoms with Crippen molar-refractivity contribution >= 4 is 5.82 Å². The van der Waals surface area contributed by atoms with Crippen molar-refractivity contribution in [1.82, 2.24) is 14.8 Å². The van der Waals surface area contributed by atoms with E-state index < -0.39 is 0 Å². The zero-order valence-electron chi connectivity index (χ0n) is 12.9. The van der Waals surface area contributed by atoms with Gasteiger partial charge in [0.15, 0.2) is 11.6 Å². The second-order valence-corrected chi connectivity index (χ2v) is 5.00. The SMILES string of the molecule is CCOC(C)n1cc(-c2ccnc(N)c2OC(C)C)cn1. The molecular formula is C15H22N4O2. The fourth-order valence-corrected chi connectivity index (χ4v) is 2.04. The molecule has 0 aliphatic heterocycles. The summed E-state index contributed by atoms with van der Waals surface area (Å²) >= 11 is 0. The van der Waals surface area contributed by atoms with Gasteiger partial charge < -0.3 is 15.2 Å². The maximum absolute atomic E-state index is 5.93. The van der Waals surface area contributed by atoms with E-state index in [2.05, 4.69) is 10.1 Å². The summed E-state index contributed by atoms with van der Waals surface area (Å²) in [4.78, 5) is 4.09. The predicted octanol–water partition coefficient (Wildman–Crippen LogP) is 2.87. The quantitative estimate of drug-likeness (QED) is 0.885. The first-order valence-corrected chi connectivity index (χ1v) is 7.10. The third-order valence-electron chi connectivity index (χ3n) is 2.98. The van der Waals surface area contributed by atoms with Crippen LogP contribution < -0.4 is 10.5 Å². The van der Waals surface area contributed by atoms with Gasteiger partial charge in [0.1, 0.15) is 6.23 Å². The molecule has 0 saturated carbocycles. The van der Waals surface area contributed by atoms with Crippen LogP contribution in [0.25, 0.3) is 11.1 Å². The minimum Gasteiger partial charge on any atom is -0.486 e. The predicted molar refractivity (Wildman–Crippen MR) is 82.0 cm³/mol. The van der Waals surface area contributed by atoms with Gasteiger partial charge >= 0.3 is 0 Å². The van der Waals surface area contributed by atoms with Gasteiger partial charge in [0, 0.05) is 30.1 Å². The molecule has 2 N–H and O–H groups in total. The summed E-state index contributed by atoms with van der Waals surface area (Å²) in [7, 11) is 0. The van der Waals surface area contributed by atoms with E-state index in [1.54, 1.807) is 17.1 Å². The van der Waals surface area contributed by atoms with Crippen LogP contribution in [0.5, 0.6) is 5.75 Å². The minimum atomic E-state index is -0.114. The summed E-state index contributed by atoms with van der Waals surface area (Å²) in [5.74, 6) is 0.975. The van der Waals surface area contributed by atoms with Crippen molar-refractivity contribution in [3.05, 3.63) is 24.7 Å². The van der Waals surface area contributed by atoms with Gasteiger partial charge in [0.2, 0.25) is 0 Å². The van der Waals surface area contributed by atoms with Gasteiger partial charge in [-0.25, -0.2) is 9.67 Å². The molecule has 0 aliphatic rings. The number of ether oxygens (including phenoxy) is 2. The molecule has 0 saturated heterocycles. The number of nitrogen functional groups attached to an aromatic ring is 1. The number of anilines is 1. The molecule has 2 heterocycles. The second-order valence-electron chi connectivity index (χ2n) is 5.00. The van der Waals surface area contributed by atoms with Gasteiger partial charge in [-0.3, -0.25) is 0 Å². The average Bonchev–Trinajstić information content (AvgIpc) is 2.90. The van der Waals surface area contributed by atoms with Crippen LogP contribution >= 0.6 is 0 Å². The molecule has 2 aromatic heterocycles. The molecule has 1 atom stereocenters. The van der Waals surface area contributed by atoms with Crippen LogP contribution in [-0.4, -0.2) is 27.5 Å². The normalized spacial score (nSPS) is 12.6.